The molecule has 24 heavy (non-hydrogen) atoms. The lowest BCUT2D eigenvalue weighted by Gasteiger charge is -2.09. The third-order valence-electron chi connectivity index (χ3n) is 3.88. The number of hydrogen-bond donors (Lipinski definition) is 1. The van der Waals surface area contributed by atoms with Gasteiger partial charge in [-0.1, -0.05) is 6.07 Å². The number of carbonyl (C=O) groups is 1. The van der Waals surface area contributed by atoms with Crippen molar-refractivity contribution in [3.63, 3.8) is 0 Å². The second kappa shape index (κ2) is 6.20. The molecule has 1 N–H and O–H groups in total. The average Bonchev–Trinajstić information content (AvgIpc) is 2.54. The average molecular weight is 323 g/mol. The fraction of sp³-hybridized carbons (Fsp3) is 0.158. The molecular weight excluding hydrogens is 306 g/mol. The van der Waals surface area contributed by atoms with E-state index in [2.05, 4.69) is 5.32 Å². The Morgan fingerprint density at radius 2 is 1.83 bits per heavy atom. The van der Waals surface area contributed by atoms with E-state index in [4.69, 9.17) is 9.15 Å². The predicted octanol–water partition coefficient (Wildman–Crippen LogP) is 3.67. The fourth-order valence-corrected chi connectivity index (χ4v) is 2.57. The molecule has 1 aromatic heterocycles. The Hall–Kier alpha value is -3.08. The first-order valence-electron chi connectivity index (χ1n) is 7.48. The molecule has 0 radical (unpaired) electrons. The largest absolute Gasteiger partial charge is 0.496 e. The number of fused-ring (bicyclic) bond motifs is 1. The summed E-state index contributed by atoms with van der Waals surface area (Å²) < 4.78 is 10.4. The molecule has 5 nitrogen and oxygen atoms in total. The second-order valence-corrected chi connectivity index (χ2v) is 5.60. The van der Waals surface area contributed by atoms with Gasteiger partial charge < -0.3 is 14.5 Å². The van der Waals surface area contributed by atoms with E-state index in [0.717, 1.165) is 16.5 Å². The normalized spacial score (nSPS) is 10.6. The maximum absolute atomic E-state index is 12.4. The number of nitrogens with one attached hydrogen (secondary N) is 1. The highest BCUT2D eigenvalue weighted by molar-refractivity contribution is 6.05. The van der Waals surface area contributed by atoms with Crippen molar-refractivity contribution < 1.29 is 13.9 Å². The van der Waals surface area contributed by atoms with Crippen molar-refractivity contribution in [1.29, 1.82) is 0 Å². The highest BCUT2D eigenvalue weighted by Gasteiger charge is 2.10. The molecule has 0 aliphatic rings. The van der Waals surface area contributed by atoms with Crippen molar-refractivity contribution in [3.05, 3.63) is 69.6 Å². The maximum Gasteiger partial charge on any atom is 0.336 e. The van der Waals surface area contributed by atoms with Crippen LogP contribution in [0.5, 0.6) is 5.75 Å². The van der Waals surface area contributed by atoms with Gasteiger partial charge in [0.2, 0.25) is 0 Å². The van der Waals surface area contributed by atoms with Crippen molar-refractivity contribution in [2.24, 2.45) is 0 Å². The van der Waals surface area contributed by atoms with Gasteiger partial charge in [0.05, 0.1) is 7.11 Å². The molecule has 0 atom stereocenters. The molecule has 0 saturated heterocycles. The molecule has 0 aliphatic heterocycles. The standard InChI is InChI=1S/C19H17NO4/c1-11-4-5-13(9-16(11)23-3)19(22)20-14-6-7-15-12(2)8-18(21)24-17(15)10-14/h4-10H,1-3H3,(H,20,22). The summed E-state index contributed by atoms with van der Waals surface area (Å²) in [6.07, 6.45) is 0. The highest BCUT2D eigenvalue weighted by atomic mass is 16.5. The van der Waals surface area contributed by atoms with Gasteiger partial charge in [0, 0.05) is 28.8 Å². The Morgan fingerprint density at radius 1 is 1.04 bits per heavy atom. The minimum atomic E-state index is -0.410. The number of carbonyl (C=O) groups excluding carboxylic acids is 1. The first kappa shape index (κ1) is 15.8. The Balaban J connectivity index is 1.92. The molecule has 1 amide bonds. The Kier molecular flexibility index (Phi) is 4.08. The molecular formula is C19H17NO4. The van der Waals surface area contributed by atoms with E-state index in [1.807, 2.05) is 26.0 Å². The van der Waals surface area contributed by atoms with Crippen molar-refractivity contribution in [3.8, 4) is 5.75 Å². The second-order valence-electron chi connectivity index (χ2n) is 5.60. The van der Waals surface area contributed by atoms with E-state index in [-0.39, 0.29) is 5.91 Å². The Labute approximate surface area is 138 Å². The summed E-state index contributed by atoms with van der Waals surface area (Å²) in [5, 5.41) is 3.64. The van der Waals surface area contributed by atoms with Gasteiger partial charge >= 0.3 is 5.63 Å². The van der Waals surface area contributed by atoms with Gasteiger partial charge in [-0.3, -0.25) is 4.79 Å². The lowest BCUT2D eigenvalue weighted by molar-refractivity contribution is 0.102. The van der Waals surface area contributed by atoms with E-state index in [1.165, 1.54) is 6.07 Å². The number of aryl methyl sites for hydroxylation is 2. The first-order valence-corrected chi connectivity index (χ1v) is 7.48. The number of benzene rings is 2. The lowest BCUT2D eigenvalue weighted by atomic mass is 10.1. The molecule has 0 bridgehead atoms. The summed E-state index contributed by atoms with van der Waals surface area (Å²) in [4.78, 5) is 23.9. The van der Waals surface area contributed by atoms with Gasteiger partial charge in [0.25, 0.3) is 5.91 Å². The van der Waals surface area contributed by atoms with Crippen LogP contribution >= 0.6 is 0 Å². The van der Waals surface area contributed by atoms with Crippen molar-refractivity contribution >= 4 is 22.6 Å². The molecule has 0 aliphatic carbocycles. The summed E-state index contributed by atoms with van der Waals surface area (Å²) >= 11 is 0. The quantitative estimate of drug-likeness (QED) is 0.747. The number of ether oxygens (including phenoxy) is 1. The Bertz CT molecular complexity index is 988. The van der Waals surface area contributed by atoms with Crippen LogP contribution in [0, 0.1) is 13.8 Å². The molecule has 3 aromatic rings. The zero-order chi connectivity index (χ0) is 17.3. The molecule has 2 aromatic carbocycles. The monoisotopic (exact) mass is 323 g/mol. The maximum atomic E-state index is 12.4. The summed E-state index contributed by atoms with van der Waals surface area (Å²) in [5.41, 5.74) is 2.87. The van der Waals surface area contributed by atoms with Crippen LogP contribution in [-0.2, 0) is 0 Å². The fourth-order valence-electron chi connectivity index (χ4n) is 2.57. The molecule has 5 heteroatoms. The van der Waals surface area contributed by atoms with Crippen molar-refractivity contribution in [2.45, 2.75) is 13.8 Å². The molecule has 0 fully saturated rings. The van der Waals surface area contributed by atoms with Gasteiger partial charge in [-0.25, -0.2) is 4.79 Å². The summed E-state index contributed by atoms with van der Waals surface area (Å²) in [6, 6.07) is 11.9. The zero-order valence-corrected chi connectivity index (χ0v) is 13.7. The van der Waals surface area contributed by atoms with Gasteiger partial charge in [-0.15, -0.1) is 0 Å². The van der Waals surface area contributed by atoms with E-state index in [0.29, 0.717) is 22.6 Å². The van der Waals surface area contributed by atoms with Crippen LogP contribution in [0.15, 0.2) is 51.7 Å². The molecule has 122 valence electrons. The summed E-state index contributed by atoms with van der Waals surface area (Å²) in [5.74, 6) is 0.394. The first-order chi connectivity index (χ1) is 11.5. The van der Waals surface area contributed by atoms with Crippen LogP contribution in [-0.4, -0.2) is 13.0 Å². The number of amides is 1. The van der Waals surface area contributed by atoms with Crippen LogP contribution in [0.4, 0.5) is 5.69 Å². The highest BCUT2D eigenvalue weighted by Crippen LogP contribution is 2.23. The van der Waals surface area contributed by atoms with E-state index in [1.54, 1.807) is 31.4 Å². The third kappa shape index (κ3) is 3.01. The van der Waals surface area contributed by atoms with E-state index in [9.17, 15) is 9.59 Å². The number of hydrogen-bond acceptors (Lipinski definition) is 4. The van der Waals surface area contributed by atoms with Gasteiger partial charge in [0.15, 0.2) is 0 Å². The van der Waals surface area contributed by atoms with E-state index < -0.39 is 5.63 Å². The number of rotatable bonds is 3. The molecule has 3 rings (SSSR count). The molecule has 0 unspecified atom stereocenters. The SMILES string of the molecule is COc1cc(C(=O)Nc2ccc3c(C)cc(=O)oc3c2)ccc1C. The van der Waals surface area contributed by atoms with Crippen LogP contribution < -0.4 is 15.7 Å². The van der Waals surface area contributed by atoms with Gasteiger partial charge in [-0.05, 0) is 49.2 Å². The number of methoxy groups -OCH3 is 1. The topological polar surface area (TPSA) is 68.5 Å². The minimum Gasteiger partial charge on any atom is -0.496 e. The number of anilines is 1. The summed E-state index contributed by atoms with van der Waals surface area (Å²) in [6.45, 7) is 3.75. The third-order valence-corrected chi connectivity index (χ3v) is 3.88. The molecule has 0 saturated carbocycles. The van der Waals surface area contributed by atoms with Crippen LogP contribution in [0.1, 0.15) is 21.5 Å². The van der Waals surface area contributed by atoms with Crippen LogP contribution in [0.25, 0.3) is 11.0 Å². The smallest absolute Gasteiger partial charge is 0.336 e. The van der Waals surface area contributed by atoms with Crippen molar-refractivity contribution in [2.75, 3.05) is 12.4 Å². The molecule has 1 heterocycles. The van der Waals surface area contributed by atoms with E-state index >= 15 is 0 Å². The zero-order valence-electron chi connectivity index (χ0n) is 13.7. The predicted molar refractivity (Wildman–Crippen MR) is 92.9 cm³/mol. The van der Waals surface area contributed by atoms with Crippen molar-refractivity contribution in [1.82, 2.24) is 0 Å². The summed E-state index contributed by atoms with van der Waals surface area (Å²) in [7, 11) is 1.57. The van der Waals surface area contributed by atoms with Gasteiger partial charge in [-0.2, -0.15) is 0 Å². The molecule has 0 spiro atoms. The lowest BCUT2D eigenvalue weighted by Crippen LogP contribution is -2.12. The minimum absolute atomic E-state index is 0.261. The van der Waals surface area contributed by atoms with Crippen LogP contribution in [0.2, 0.25) is 0 Å². The van der Waals surface area contributed by atoms with Gasteiger partial charge in [0.1, 0.15) is 11.3 Å². The van der Waals surface area contributed by atoms with Crippen LogP contribution in [0.3, 0.4) is 0 Å². The Morgan fingerprint density at radius 3 is 2.58 bits per heavy atom.